The van der Waals surface area contributed by atoms with Crippen LogP contribution in [0.15, 0.2) is 48.5 Å². The molecule has 0 aliphatic heterocycles. The van der Waals surface area contributed by atoms with E-state index >= 15 is 0 Å². The van der Waals surface area contributed by atoms with Gasteiger partial charge < -0.3 is 0 Å². The molecule has 0 radical (unpaired) electrons. The summed E-state index contributed by atoms with van der Waals surface area (Å²) in [6.07, 6.45) is 0. The normalized spacial score (nSPS) is 9.65. The number of rotatable bonds is 2. The van der Waals surface area contributed by atoms with E-state index in [0.717, 1.165) is 0 Å². The van der Waals surface area contributed by atoms with Gasteiger partial charge in [0.15, 0.2) is 4.98 Å². The van der Waals surface area contributed by atoms with E-state index in [-0.39, 0.29) is 17.0 Å². The molecule has 0 aliphatic carbocycles. The Morgan fingerprint density at radius 2 is 1.82 bits per heavy atom. The maximum Gasteiger partial charge on any atom is 0.396 e. The van der Waals surface area contributed by atoms with Crippen molar-refractivity contribution in [3.05, 3.63) is 69.7 Å². The Morgan fingerprint density at radius 3 is 2.47 bits per heavy atom. The molecule has 2 aromatic carbocycles. The van der Waals surface area contributed by atoms with Crippen LogP contribution in [0, 0.1) is 5.39 Å². The number of diazo groups is 1. The molecular formula is C13H8ClN2O+. The Hall–Kier alpha value is -2.18. The lowest BCUT2D eigenvalue weighted by Crippen LogP contribution is -2.00. The lowest BCUT2D eigenvalue weighted by Gasteiger charge is -1.98. The molecule has 0 atom stereocenters. The quantitative estimate of drug-likeness (QED) is 0.590. The molecule has 0 fully saturated rings. The number of hydrogen-bond acceptors (Lipinski definition) is 2. The number of benzene rings is 2. The molecular weight excluding hydrogens is 236 g/mol. The average Bonchev–Trinajstić information content (AvgIpc) is 2.39. The highest BCUT2D eigenvalue weighted by molar-refractivity contribution is 6.31. The van der Waals surface area contributed by atoms with Crippen molar-refractivity contribution in [1.29, 1.82) is 5.39 Å². The first-order valence-corrected chi connectivity index (χ1v) is 5.34. The van der Waals surface area contributed by atoms with E-state index in [4.69, 9.17) is 17.0 Å². The monoisotopic (exact) mass is 243 g/mol. The van der Waals surface area contributed by atoms with Gasteiger partial charge >= 0.3 is 5.69 Å². The van der Waals surface area contributed by atoms with Crippen LogP contribution in [0.3, 0.4) is 0 Å². The summed E-state index contributed by atoms with van der Waals surface area (Å²) in [5.41, 5.74) is 1.02. The molecule has 0 saturated heterocycles. The second-order valence-corrected chi connectivity index (χ2v) is 3.89. The molecule has 0 amide bonds. The molecule has 4 heteroatoms. The third-order valence-electron chi connectivity index (χ3n) is 2.35. The van der Waals surface area contributed by atoms with Gasteiger partial charge in [0, 0.05) is 16.7 Å². The third-order valence-corrected chi connectivity index (χ3v) is 2.58. The van der Waals surface area contributed by atoms with Gasteiger partial charge in [-0.05, 0) is 12.1 Å². The first-order chi connectivity index (χ1) is 8.22. The molecule has 2 rings (SSSR count). The summed E-state index contributed by atoms with van der Waals surface area (Å²) in [6, 6.07) is 13.3. The zero-order valence-electron chi connectivity index (χ0n) is 8.80. The molecule has 0 saturated carbocycles. The first kappa shape index (κ1) is 11.3. The number of nitrogens with zero attached hydrogens (tertiary/aromatic N) is 2. The van der Waals surface area contributed by atoms with Crippen molar-refractivity contribution in [2.45, 2.75) is 0 Å². The number of halogens is 1. The Kier molecular flexibility index (Phi) is 3.17. The van der Waals surface area contributed by atoms with Crippen molar-refractivity contribution in [3.63, 3.8) is 0 Å². The second kappa shape index (κ2) is 4.77. The summed E-state index contributed by atoms with van der Waals surface area (Å²) in [6.45, 7) is 0. The van der Waals surface area contributed by atoms with Crippen LogP contribution < -0.4 is 0 Å². The van der Waals surface area contributed by atoms with Gasteiger partial charge in [-0.1, -0.05) is 41.9 Å². The third kappa shape index (κ3) is 2.32. The Morgan fingerprint density at radius 1 is 1.12 bits per heavy atom. The standard InChI is InChI=1S/C13H8ClN2O/c14-10-6-7-12(16-15)11(8-10)13(17)9-4-2-1-3-5-9/h1-8H/q+1. The van der Waals surface area contributed by atoms with Crippen LogP contribution in [-0.4, -0.2) is 5.78 Å². The summed E-state index contributed by atoms with van der Waals surface area (Å²) in [5.74, 6) is -0.221. The Labute approximate surface area is 103 Å². The highest BCUT2D eigenvalue weighted by atomic mass is 35.5. The molecule has 0 spiro atoms. The predicted molar refractivity (Wildman–Crippen MR) is 66.1 cm³/mol. The maximum atomic E-state index is 12.1. The van der Waals surface area contributed by atoms with Crippen LogP contribution in [-0.2, 0) is 0 Å². The molecule has 0 unspecified atom stereocenters. The van der Waals surface area contributed by atoms with Crippen molar-refractivity contribution in [2.75, 3.05) is 0 Å². The minimum absolute atomic E-state index is 0.211. The van der Waals surface area contributed by atoms with E-state index < -0.39 is 0 Å². The average molecular weight is 244 g/mol. The fraction of sp³-hybridized carbons (Fsp3) is 0. The molecule has 0 bridgehead atoms. The zero-order valence-corrected chi connectivity index (χ0v) is 9.56. The van der Waals surface area contributed by atoms with E-state index in [1.165, 1.54) is 12.1 Å². The fourth-order valence-corrected chi connectivity index (χ4v) is 1.69. The summed E-state index contributed by atoms with van der Waals surface area (Å²) >= 11 is 5.83. The summed E-state index contributed by atoms with van der Waals surface area (Å²) < 4.78 is 0. The topological polar surface area (TPSA) is 45.2 Å². The highest BCUT2D eigenvalue weighted by Gasteiger charge is 2.21. The van der Waals surface area contributed by atoms with E-state index in [0.29, 0.717) is 10.6 Å². The summed E-state index contributed by atoms with van der Waals surface area (Å²) in [4.78, 5) is 15.2. The van der Waals surface area contributed by atoms with E-state index in [2.05, 4.69) is 4.98 Å². The number of carbonyl (C=O) groups excluding carboxylic acids is 1. The number of ketones is 1. The van der Waals surface area contributed by atoms with Gasteiger partial charge in [0.1, 0.15) is 5.56 Å². The van der Waals surface area contributed by atoms with Crippen LogP contribution in [0.5, 0.6) is 0 Å². The van der Waals surface area contributed by atoms with E-state index in [9.17, 15) is 4.79 Å². The first-order valence-electron chi connectivity index (χ1n) is 4.97. The van der Waals surface area contributed by atoms with Gasteiger partial charge in [0.25, 0.3) is 0 Å². The molecule has 0 aliphatic rings. The minimum Gasteiger partial charge on any atom is -0.288 e. The lowest BCUT2D eigenvalue weighted by atomic mass is 10.0. The minimum atomic E-state index is -0.221. The number of hydrogen-bond donors (Lipinski definition) is 0. The fourth-order valence-electron chi connectivity index (χ4n) is 1.52. The second-order valence-electron chi connectivity index (χ2n) is 3.46. The lowest BCUT2D eigenvalue weighted by molar-refractivity contribution is 0.103. The van der Waals surface area contributed by atoms with Gasteiger partial charge in [-0.3, -0.25) is 4.79 Å². The van der Waals surface area contributed by atoms with Crippen molar-refractivity contribution < 1.29 is 4.79 Å². The number of carbonyl (C=O) groups is 1. The van der Waals surface area contributed by atoms with Crippen molar-refractivity contribution in [2.24, 2.45) is 0 Å². The highest BCUT2D eigenvalue weighted by Crippen LogP contribution is 2.25. The van der Waals surface area contributed by atoms with Crippen molar-refractivity contribution in [3.8, 4) is 0 Å². The van der Waals surface area contributed by atoms with E-state index in [1.54, 1.807) is 30.3 Å². The van der Waals surface area contributed by atoms with Crippen molar-refractivity contribution >= 4 is 23.1 Å². The van der Waals surface area contributed by atoms with Gasteiger partial charge in [-0.2, -0.15) is 0 Å². The molecule has 2 aromatic rings. The van der Waals surface area contributed by atoms with Gasteiger partial charge in [0.2, 0.25) is 11.2 Å². The molecule has 0 heterocycles. The van der Waals surface area contributed by atoms with Crippen molar-refractivity contribution in [1.82, 2.24) is 0 Å². The SMILES string of the molecule is N#[N+]c1ccc(Cl)cc1C(=O)c1ccccc1. The largest absolute Gasteiger partial charge is 0.396 e. The van der Waals surface area contributed by atoms with Crippen LogP contribution in [0.2, 0.25) is 5.02 Å². The van der Waals surface area contributed by atoms with E-state index in [1.807, 2.05) is 6.07 Å². The predicted octanol–water partition coefficient (Wildman–Crippen LogP) is 4.06. The molecule has 0 aromatic heterocycles. The zero-order chi connectivity index (χ0) is 12.3. The summed E-state index contributed by atoms with van der Waals surface area (Å²) in [5, 5.41) is 9.26. The summed E-state index contributed by atoms with van der Waals surface area (Å²) in [7, 11) is 0. The van der Waals surface area contributed by atoms with Gasteiger partial charge in [0.05, 0.1) is 0 Å². The van der Waals surface area contributed by atoms with Crippen LogP contribution in [0.4, 0.5) is 5.69 Å². The van der Waals surface area contributed by atoms with Crippen LogP contribution >= 0.6 is 11.6 Å². The van der Waals surface area contributed by atoms with Gasteiger partial charge in [-0.25, -0.2) is 0 Å². The van der Waals surface area contributed by atoms with Crippen LogP contribution in [0.25, 0.3) is 4.98 Å². The smallest absolute Gasteiger partial charge is 0.288 e. The molecule has 3 nitrogen and oxygen atoms in total. The molecule has 0 N–H and O–H groups in total. The molecule has 17 heavy (non-hydrogen) atoms. The van der Waals surface area contributed by atoms with Gasteiger partial charge in [-0.15, -0.1) is 0 Å². The maximum absolute atomic E-state index is 12.1. The molecule has 82 valence electrons. The Bertz CT molecular complexity index is 603. The Balaban J connectivity index is 2.52. The van der Waals surface area contributed by atoms with Crippen LogP contribution in [0.1, 0.15) is 15.9 Å².